The third-order valence-electron chi connectivity index (χ3n) is 4.59. The van der Waals surface area contributed by atoms with Crippen LogP contribution in [0.15, 0.2) is 24.4 Å². The van der Waals surface area contributed by atoms with E-state index in [-0.39, 0.29) is 6.10 Å². The Kier molecular flexibility index (Phi) is 4.20. The minimum absolute atomic E-state index is 0.202. The van der Waals surface area contributed by atoms with Crippen LogP contribution in [0.25, 0.3) is 10.9 Å². The average molecular weight is 286 g/mol. The number of hydrogen-bond donors (Lipinski definition) is 2. The minimum atomic E-state index is 0.202. The lowest BCUT2D eigenvalue weighted by Crippen LogP contribution is -2.35. The largest absolute Gasteiger partial charge is 0.490 e. The Morgan fingerprint density at radius 3 is 2.95 bits per heavy atom. The van der Waals surface area contributed by atoms with Crippen molar-refractivity contribution >= 4 is 10.9 Å². The van der Waals surface area contributed by atoms with Crippen LogP contribution in [0.4, 0.5) is 0 Å². The lowest BCUT2D eigenvalue weighted by molar-refractivity contribution is 0.245. The molecule has 1 aliphatic rings. The van der Waals surface area contributed by atoms with Crippen LogP contribution in [0.1, 0.15) is 45.1 Å². The van der Waals surface area contributed by atoms with Crippen molar-refractivity contribution in [3.05, 3.63) is 30.0 Å². The zero-order chi connectivity index (χ0) is 14.8. The maximum Gasteiger partial charge on any atom is 0.129 e. The fourth-order valence-corrected chi connectivity index (χ4v) is 3.58. The lowest BCUT2D eigenvalue weighted by atomic mass is 9.79. The number of nitrogens with one attached hydrogen (secondary N) is 2. The number of aromatic nitrogens is 1. The van der Waals surface area contributed by atoms with Gasteiger partial charge in [0.05, 0.1) is 6.10 Å². The maximum absolute atomic E-state index is 6.05. The van der Waals surface area contributed by atoms with Crippen molar-refractivity contribution in [2.45, 2.75) is 45.6 Å². The molecule has 2 unspecified atom stereocenters. The molecule has 0 radical (unpaired) electrons. The van der Waals surface area contributed by atoms with Gasteiger partial charge in [0.15, 0.2) is 0 Å². The van der Waals surface area contributed by atoms with Gasteiger partial charge in [0.25, 0.3) is 0 Å². The predicted octanol–water partition coefficient (Wildman–Crippen LogP) is 4.06. The molecule has 3 heteroatoms. The summed E-state index contributed by atoms with van der Waals surface area (Å²) < 4.78 is 6.05. The molecule has 1 aliphatic heterocycles. The van der Waals surface area contributed by atoms with Crippen LogP contribution in [0, 0.1) is 5.92 Å². The summed E-state index contributed by atoms with van der Waals surface area (Å²) in [6, 6.07) is 6.32. The molecule has 1 fully saturated rings. The van der Waals surface area contributed by atoms with Crippen molar-refractivity contribution < 1.29 is 4.74 Å². The average Bonchev–Trinajstić information content (AvgIpc) is 2.91. The van der Waals surface area contributed by atoms with Gasteiger partial charge in [-0.15, -0.1) is 0 Å². The molecule has 1 saturated heterocycles. The van der Waals surface area contributed by atoms with E-state index < -0.39 is 0 Å². The first kappa shape index (κ1) is 14.5. The molecule has 1 aromatic heterocycles. The highest BCUT2D eigenvalue weighted by Crippen LogP contribution is 2.40. The Morgan fingerprint density at radius 1 is 1.33 bits per heavy atom. The molecule has 0 saturated carbocycles. The molecule has 0 amide bonds. The molecule has 21 heavy (non-hydrogen) atoms. The van der Waals surface area contributed by atoms with Gasteiger partial charge in [-0.1, -0.05) is 19.4 Å². The lowest BCUT2D eigenvalue weighted by Gasteiger charge is -2.31. The number of piperidine rings is 1. The number of aromatic amines is 1. The normalized spacial score (nSPS) is 22.9. The maximum atomic E-state index is 6.05. The van der Waals surface area contributed by atoms with Gasteiger partial charge in [0, 0.05) is 17.1 Å². The fourth-order valence-electron chi connectivity index (χ4n) is 3.58. The molecule has 2 heterocycles. The highest BCUT2D eigenvalue weighted by Gasteiger charge is 2.28. The number of H-pyrrole nitrogens is 1. The predicted molar refractivity (Wildman–Crippen MR) is 88.1 cm³/mol. The van der Waals surface area contributed by atoms with Gasteiger partial charge in [-0.05, 0) is 62.9 Å². The Hall–Kier alpha value is -1.48. The van der Waals surface area contributed by atoms with Gasteiger partial charge in [-0.25, -0.2) is 0 Å². The summed E-state index contributed by atoms with van der Waals surface area (Å²) in [6.07, 6.45) is 4.84. The van der Waals surface area contributed by atoms with Crippen LogP contribution in [-0.2, 0) is 0 Å². The number of hydrogen-bond acceptors (Lipinski definition) is 2. The SMILES string of the molecule is CCC1CNCCC1c1c[nH]c2cccc(OC(C)C)c12. The molecule has 0 aliphatic carbocycles. The zero-order valence-corrected chi connectivity index (χ0v) is 13.3. The molecule has 2 atom stereocenters. The van der Waals surface area contributed by atoms with E-state index in [0.717, 1.165) is 18.8 Å². The Morgan fingerprint density at radius 2 is 2.19 bits per heavy atom. The standard InChI is InChI=1S/C18H26N2O/c1-4-13-10-19-9-8-14(13)15-11-20-16-6-5-7-17(18(15)16)21-12(2)3/h5-7,11-14,19-20H,4,8-10H2,1-3H3. The zero-order valence-electron chi connectivity index (χ0n) is 13.3. The van der Waals surface area contributed by atoms with Crippen molar-refractivity contribution in [3.63, 3.8) is 0 Å². The minimum Gasteiger partial charge on any atom is -0.490 e. The van der Waals surface area contributed by atoms with Crippen LogP contribution >= 0.6 is 0 Å². The number of rotatable bonds is 4. The van der Waals surface area contributed by atoms with Gasteiger partial charge in [-0.3, -0.25) is 0 Å². The summed E-state index contributed by atoms with van der Waals surface area (Å²) in [6.45, 7) is 8.71. The number of fused-ring (bicyclic) bond motifs is 1. The fraction of sp³-hybridized carbons (Fsp3) is 0.556. The Labute approximate surface area is 127 Å². The molecular weight excluding hydrogens is 260 g/mol. The van der Waals surface area contributed by atoms with E-state index in [1.807, 2.05) is 0 Å². The monoisotopic (exact) mass is 286 g/mol. The highest BCUT2D eigenvalue weighted by atomic mass is 16.5. The molecule has 2 N–H and O–H groups in total. The number of benzene rings is 1. The van der Waals surface area contributed by atoms with Gasteiger partial charge >= 0.3 is 0 Å². The quantitative estimate of drug-likeness (QED) is 0.889. The van der Waals surface area contributed by atoms with Gasteiger partial charge < -0.3 is 15.0 Å². The summed E-state index contributed by atoms with van der Waals surface area (Å²) in [5, 5.41) is 4.82. The first-order chi connectivity index (χ1) is 10.2. The molecule has 2 aromatic rings. The second kappa shape index (κ2) is 6.10. The van der Waals surface area contributed by atoms with Gasteiger partial charge in [-0.2, -0.15) is 0 Å². The Balaban J connectivity index is 2.05. The third kappa shape index (κ3) is 2.80. The molecule has 0 spiro atoms. The summed E-state index contributed by atoms with van der Waals surface area (Å²) in [7, 11) is 0. The van der Waals surface area contributed by atoms with Crippen LogP contribution in [-0.4, -0.2) is 24.2 Å². The van der Waals surface area contributed by atoms with Crippen molar-refractivity contribution in [3.8, 4) is 5.75 Å². The topological polar surface area (TPSA) is 37.0 Å². The number of ether oxygens (including phenoxy) is 1. The molecule has 1 aromatic carbocycles. The molecular formula is C18H26N2O. The summed E-state index contributed by atoms with van der Waals surface area (Å²) in [4.78, 5) is 3.44. The summed E-state index contributed by atoms with van der Waals surface area (Å²) in [5.41, 5.74) is 2.63. The van der Waals surface area contributed by atoms with Crippen LogP contribution in [0.3, 0.4) is 0 Å². The summed E-state index contributed by atoms with van der Waals surface area (Å²) in [5.74, 6) is 2.36. The summed E-state index contributed by atoms with van der Waals surface area (Å²) >= 11 is 0. The van der Waals surface area contributed by atoms with Crippen molar-refractivity contribution in [1.82, 2.24) is 10.3 Å². The van der Waals surface area contributed by atoms with Crippen molar-refractivity contribution in [2.75, 3.05) is 13.1 Å². The van der Waals surface area contributed by atoms with E-state index in [1.54, 1.807) is 0 Å². The van der Waals surface area contributed by atoms with E-state index in [4.69, 9.17) is 4.74 Å². The van der Waals surface area contributed by atoms with E-state index >= 15 is 0 Å². The first-order valence-corrected chi connectivity index (χ1v) is 8.18. The van der Waals surface area contributed by atoms with Crippen LogP contribution in [0.2, 0.25) is 0 Å². The Bertz CT molecular complexity index is 602. The van der Waals surface area contributed by atoms with E-state index in [0.29, 0.717) is 11.8 Å². The van der Waals surface area contributed by atoms with Gasteiger partial charge in [0.1, 0.15) is 5.75 Å². The second-order valence-corrected chi connectivity index (χ2v) is 6.36. The van der Waals surface area contributed by atoms with Crippen molar-refractivity contribution in [2.24, 2.45) is 5.92 Å². The highest BCUT2D eigenvalue weighted by molar-refractivity contribution is 5.89. The van der Waals surface area contributed by atoms with Crippen molar-refractivity contribution in [1.29, 1.82) is 0 Å². The smallest absolute Gasteiger partial charge is 0.129 e. The van der Waals surface area contributed by atoms with Crippen LogP contribution in [0.5, 0.6) is 5.75 Å². The molecule has 114 valence electrons. The van der Waals surface area contributed by atoms with E-state index in [9.17, 15) is 0 Å². The van der Waals surface area contributed by atoms with E-state index in [2.05, 4.69) is 55.5 Å². The van der Waals surface area contributed by atoms with E-state index in [1.165, 1.54) is 29.3 Å². The first-order valence-electron chi connectivity index (χ1n) is 8.18. The molecule has 0 bridgehead atoms. The molecule has 3 nitrogen and oxygen atoms in total. The molecule has 3 rings (SSSR count). The van der Waals surface area contributed by atoms with Crippen LogP contribution < -0.4 is 10.1 Å². The second-order valence-electron chi connectivity index (χ2n) is 6.36. The third-order valence-corrected chi connectivity index (χ3v) is 4.59. The van der Waals surface area contributed by atoms with Gasteiger partial charge in [0.2, 0.25) is 0 Å².